The number of hydrogen-bond donors (Lipinski definition) is 4. The first-order valence-corrected chi connectivity index (χ1v) is 24.0. The third kappa shape index (κ3) is 15.1. The van der Waals surface area contributed by atoms with Gasteiger partial charge in [-0.2, -0.15) is 18.5 Å². The molecular formula is C42H62N12O16S. The van der Waals surface area contributed by atoms with Crippen molar-refractivity contribution >= 4 is 58.8 Å². The monoisotopic (exact) mass is 1020 g/mol. The van der Waals surface area contributed by atoms with E-state index in [0.29, 0.717) is 47.2 Å². The maximum Gasteiger partial charge on any atom is 0.442 e. The first kappa shape index (κ1) is 53.6. The number of nitrogens with one attached hydrogen (secondary N) is 4. The van der Waals surface area contributed by atoms with E-state index in [9.17, 15) is 37.2 Å². The zero-order chi connectivity index (χ0) is 52.4. The largest absolute Gasteiger partial charge is 0.444 e. The van der Waals surface area contributed by atoms with E-state index in [2.05, 4.69) is 41.6 Å². The van der Waals surface area contributed by atoms with Crippen LogP contribution in [0.25, 0.3) is 0 Å². The van der Waals surface area contributed by atoms with Gasteiger partial charge in [-0.25, -0.2) is 28.8 Å². The second kappa shape index (κ2) is 20.5. The number of aliphatic imine (C=N–C) groups is 2. The van der Waals surface area contributed by atoms with Crippen molar-refractivity contribution in [1.29, 1.82) is 0 Å². The highest BCUT2D eigenvalue weighted by atomic mass is 32.3. The fourth-order valence-corrected chi connectivity index (χ4v) is 8.33. The lowest BCUT2D eigenvalue weighted by Gasteiger charge is -2.28. The van der Waals surface area contributed by atoms with E-state index in [1.54, 1.807) is 95.2 Å². The SMILES string of the molecule is CC(C)(C)OC(=O)/N=C(\NCc1cc([C@@H]2CC[C@@H]3CN2C(=O)N3OS(=O)(=O)ON2C(=O)N3C[C@H]2CC[C@H]3c2cc(CN/C(=N\C(=O)OC(C)(C)C)NC(=O)OC(C)(C)C)on2)no1)NC(=O)OC(C)(C)C. The lowest BCUT2D eigenvalue weighted by Crippen LogP contribution is -2.44. The Morgan fingerprint density at radius 2 is 0.958 bits per heavy atom. The van der Waals surface area contributed by atoms with Gasteiger partial charge in [0.25, 0.3) is 0 Å². The van der Waals surface area contributed by atoms with Crippen LogP contribution in [0.15, 0.2) is 31.2 Å². The van der Waals surface area contributed by atoms with Crippen molar-refractivity contribution in [3.05, 3.63) is 35.0 Å². The molecular weight excluding hydrogens is 961 g/mol. The van der Waals surface area contributed by atoms with Gasteiger partial charge in [-0.05, 0) is 109 Å². The number of amides is 8. The molecule has 0 aliphatic carbocycles. The van der Waals surface area contributed by atoms with E-state index in [4.69, 9.17) is 36.6 Å². The van der Waals surface area contributed by atoms with E-state index in [0.717, 1.165) is 0 Å². The molecule has 4 aliphatic heterocycles. The normalized spacial score (nSPS) is 21.0. The summed E-state index contributed by atoms with van der Waals surface area (Å²) in [6, 6.07) is -1.18. The van der Waals surface area contributed by atoms with E-state index >= 15 is 0 Å². The number of nitrogens with zero attached hydrogens (tertiary/aromatic N) is 8. The quantitative estimate of drug-likeness (QED) is 0.136. The minimum atomic E-state index is -5.05. The Balaban J connectivity index is 1.04. The van der Waals surface area contributed by atoms with Crippen molar-refractivity contribution in [2.75, 3.05) is 13.1 Å². The van der Waals surface area contributed by atoms with Crippen molar-refractivity contribution in [3.63, 3.8) is 0 Å². The van der Waals surface area contributed by atoms with Crippen LogP contribution in [-0.4, -0.2) is 135 Å². The van der Waals surface area contributed by atoms with Gasteiger partial charge in [-0.3, -0.25) is 10.6 Å². The minimum absolute atomic E-state index is 0.0695. The van der Waals surface area contributed by atoms with Crippen molar-refractivity contribution < 1.29 is 73.7 Å². The molecule has 4 bridgehead atoms. The number of alkyl carbamates (subject to hydrolysis) is 2. The summed E-state index contributed by atoms with van der Waals surface area (Å²) < 4.78 is 69.4. The molecule has 4 saturated heterocycles. The zero-order valence-electron chi connectivity index (χ0n) is 41.6. The van der Waals surface area contributed by atoms with Gasteiger partial charge in [0.05, 0.1) is 37.3 Å². The van der Waals surface area contributed by atoms with Gasteiger partial charge in [0.15, 0.2) is 11.5 Å². The van der Waals surface area contributed by atoms with E-state index in [-0.39, 0.29) is 49.6 Å². The number of aromatic nitrogens is 2. The smallest absolute Gasteiger partial charge is 0.442 e. The first-order valence-electron chi connectivity index (χ1n) is 22.7. The van der Waals surface area contributed by atoms with Gasteiger partial charge >= 0.3 is 46.8 Å². The Kier molecular flexibility index (Phi) is 15.5. The minimum Gasteiger partial charge on any atom is -0.444 e. The number of rotatable bonds is 10. The maximum atomic E-state index is 13.7. The van der Waals surface area contributed by atoms with Crippen LogP contribution in [0.3, 0.4) is 0 Å². The summed E-state index contributed by atoms with van der Waals surface area (Å²) in [5.74, 6) is -0.129. The van der Waals surface area contributed by atoms with Gasteiger partial charge in [0.2, 0.25) is 11.9 Å². The number of fused-ring (bicyclic) bond motifs is 4. The number of guanidine groups is 2. The maximum absolute atomic E-state index is 13.7. The molecule has 6 rings (SSSR count). The van der Waals surface area contributed by atoms with Crippen LogP contribution in [0.1, 0.15) is 144 Å². The van der Waals surface area contributed by atoms with Gasteiger partial charge in [-0.15, -0.1) is 18.6 Å². The number of hydrogen-bond acceptors (Lipinski definition) is 18. The van der Waals surface area contributed by atoms with Crippen LogP contribution in [0, 0.1) is 0 Å². The molecule has 29 heteroatoms. The molecule has 4 aliphatic rings. The second-order valence-electron chi connectivity index (χ2n) is 20.9. The molecule has 0 saturated carbocycles. The topological polar surface area (TPSA) is 330 Å². The summed E-state index contributed by atoms with van der Waals surface area (Å²) in [6.07, 6.45) is -2.48. The van der Waals surface area contributed by atoms with Gasteiger partial charge < -0.3 is 48.4 Å². The molecule has 4 N–H and O–H groups in total. The molecule has 2 aromatic rings. The molecule has 0 unspecified atom stereocenters. The third-order valence-corrected chi connectivity index (χ3v) is 10.8. The Hall–Kier alpha value is -6.75. The molecule has 392 valence electrons. The Morgan fingerprint density at radius 3 is 1.30 bits per heavy atom. The van der Waals surface area contributed by atoms with Gasteiger partial charge in [0, 0.05) is 25.2 Å². The summed E-state index contributed by atoms with van der Waals surface area (Å²) >= 11 is 0. The van der Waals surface area contributed by atoms with Gasteiger partial charge in [0.1, 0.15) is 33.8 Å². The number of hydroxylamine groups is 4. The fraction of sp³-hybridized carbons (Fsp3) is 0.667. The van der Waals surface area contributed by atoms with Crippen LogP contribution >= 0.6 is 0 Å². The van der Waals surface area contributed by atoms with E-state index in [1.807, 2.05) is 0 Å². The number of piperidine rings is 2. The molecule has 4 atom stereocenters. The highest BCUT2D eigenvalue weighted by molar-refractivity contribution is 7.81. The summed E-state index contributed by atoms with van der Waals surface area (Å²) in [5, 5.41) is 20.0. The van der Waals surface area contributed by atoms with Crippen LogP contribution in [-0.2, 0) is 51.0 Å². The standard InChI is InChI=1S/C42H62N12O16S/c1-39(2,3)63-33(55)45-31(46-34(56)64-40(4,5)6)43-19-25-17-27(49-67-25)29-15-13-23-21-51(29)37(59)53(23)69-71(61,62)70-54-24-14-16-30(52(22-24)38(54)60)28-18-26(68-50-28)20-44-32(47-35(57)65-41(7,8)9)48-36(58)66-42(10,11)12/h17-18,23-24,29-30H,13-16,19-22H2,1-12H3,(H2,43,45,46,55,56)(H2,44,47,48,57,58)/t23-,24-,29+,30+/m1/s1. The predicted molar refractivity (Wildman–Crippen MR) is 243 cm³/mol. The van der Waals surface area contributed by atoms with Crippen molar-refractivity contribution in [2.24, 2.45) is 9.98 Å². The number of carbonyl (C=O) groups excluding carboxylic acids is 6. The second-order valence-corrected chi connectivity index (χ2v) is 22.0. The molecule has 6 heterocycles. The number of urea groups is 2. The average Bonchev–Trinajstić information content (AvgIpc) is 3.98. The number of carbonyl (C=O) groups is 6. The van der Waals surface area contributed by atoms with Crippen LogP contribution < -0.4 is 21.3 Å². The molecule has 71 heavy (non-hydrogen) atoms. The van der Waals surface area contributed by atoms with Crippen molar-refractivity contribution in [1.82, 2.24) is 51.5 Å². The first-order chi connectivity index (χ1) is 32.8. The Bertz CT molecular complexity index is 2350. The molecule has 8 amide bonds. The zero-order valence-corrected chi connectivity index (χ0v) is 42.5. The van der Waals surface area contributed by atoms with Crippen LogP contribution in [0.2, 0.25) is 0 Å². The number of ether oxygens (including phenoxy) is 4. The molecule has 2 aromatic heterocycles. The highest BCUT2D eigenvalue weighted by Crippen LogP contribution is 2.41. The third-order valence-electron chi connectivity index (χ3n) is 10.1. The predicted octanol–water partition coefficient (Wildman–Crippen LogP) is 5.16. The Morgan fingerprint density at radius 1 is 0.606 bits per heavy atom. The lowest BCUT2D eigenvalue weighted by atomic mass is 9.98. The summed E-state index contributed by atoms with van der Waals surface area (Å²) in [7, 11) is -5.05. The van der Waals surface area contributed by atoms with E-state index in [1.165, 1.54) is 9.80 Å². The summed E-state index contributed by atoms with van der Waals surface area (Å²) in [4.78, 5) is 87.7. The highest BCUT2D eigenvalue weighted by Gasteiger charge is 2.52. The lowest BCUT2D eigenvalue weighted by molar-refractivity contribution is -0.0841. The molecule has 0 radical (unpaired) electrons. The van der Waals surface area contributed by atoms with Crippen molar-refractivity contribution in [2.45, 2.75) is 168 Å². The van der Waals surface area contributed by atoms with Gasteiger partial charge in [-0.1, -0.05) is 10.3 Å². The molecule has 0 spiro atoms. The summed E-state index contributed by atoms with van der Waals surface area (Å²) in [6.45, 7) is 19.8. The molecule has 0 aromatic carbocycles. The van der Waals surface area contributed by atoms with Crippen LogP contribution in [0.4, 0.5) is 28.8 Å². The van der Waals surface area contributed by atoms with Crippen molar-refractivity contribution in [3.8, 4) is 0 Å². The Labute approximate surface area is 409 Å². The summed E-state index contributed by atoms with van der Waals surface area (Å²) in [5.41, 5.74) is -2.77. The molecule has 4 fully saturated rings. The van der Waals surface area contributed by atoms with Crippen LogP contribution in [0.5, 0.6) is 0 Å². The van der Waals surface area contributed by atoms with E-state index < -0.39 is 93.4 Å². The average molecular weight is 1020 g/mol. The fourth-order valence-electron chi connectivity index (χ4n) is 7.54. The molecule has 28 nitrogen and oxygen atoms in total.